The summed E-state index contributed by atoms with van der Waals surface area (Å²) >= 11 is 1.35. The van der Waals surface area contributed by atoms with Crippen LogP contribution in [-0.2, 0) is 0 Å². The minimum atomic E-state index is -0.142. The van der Waals surface area contributed by atoms with Crippen LogP contribution in [0.5, 0.6) is 0 Å². The predicted octanol–water partition coefficient (Wildman–Crippen LogP) is 3.19. The molecule has 2 aromatic heterocycles. The molecular formula is C15H19N3OS. The monoisotopic (exact) mass is 289 g/mol. The van der Waals surface area contributed by atoms with Gasteiger partial charge < -0.3 is 11.1 Å². The SMILES string of the molecule is C=CCC(C)NC(=O)c1sc2nc(C)cc(C)c2c1N. The fraction of sp³-hybridized carbons (Fsp3) is 0.333. The molecule has 0 spiro atoms. The molecule has 106 valence electrons. The van der Waals surface area contributed by atoms with Gasteiger partial charge in [-0.25, -0.2) is 4.98 Å². The summed E-state index contributed by atoms with van der Waals surface area (Å²) in [5, 5.41) is 3.82. The van der Waals surface area contributed by atoms with E-state index < -0.39 is 0 Å². The van der Waals surface area contributed by atoms with E-state index in [0.29, 0.717) is 10.6 Å². The van der Waals surface area contributed by atoms with Gasteiger partial charge in [0.2, 0.25) is 0 Å². The molecular weight excluding hydrogens is 270 g/mol. The number of nitrogens with one attached hydrogen (secondary N) is 1. The van der Waals surface area contributed by atoms with Gasteiger partial charge >= 0.3 is 0 Å². The quantitative estimate of drug-likeness (QED) is 0.849. The zero-order valence-corrected chi connectivity index (χ0v) is 12.8. The van der Waals surface area contributed by atoms with Crippen LogP contribution in [0.1, 0.15) is 34.3 Å². The van der Waals surface area contributed by atoms with Gasteiger partial charge in [0.1, 0.15) is 9.71 Å². The van der Waals surface area contributed by atoms with Gasteiger partial charge in [-0.15, -0.1) is 17.9 Å². The summed E-state index contributed by atoms with van der Waals surface area (Å²) < 4.78 is 0. The standard InChI is InChI=1S/C15H19N3OS/c1-5-6-9(3)17-14(19)13-12(16)11-8(2)7-10(4)18-15(11)20-13/h5,7,9H,1,6,16H2,2-4H3,(H,17,19). The van der Waals surface area contributed by atoms with E-state index in [2.05, 4.69) is 16.9 Å². The molecule has 2 aromatic rings. The first-order valence-corrected chi connectivity index (χ1v) is 7.33. The van der Waals surface area contributed by atoms with Crippen molar-refractivity contribution in [2.45, 2.75) is 33.2 Å². The van der Waals surface area contributed by atoms with Gasteiger partial charge in [0.05, 0.1) is 5.69 Å². The Bertz CT molecular complexity index is 675. The molecule has 0 aliphatic carbocycles. The summed E-state index contributed by atoms with van der Waals surface area (Å²) in [6.45, 7) is 9.54. The normalized spacial score (nSPS) is 12.3. The first-order chi connectivity index (χ1) is 9.43. The first kappa shape index (κ1) is 14.5. The van der Waals surface area contributed by atoms with Crippen molar-refractivity contribution in [2.24, 2.45) is 0 Å². The zero-order valence-electron chi connectivity index (χ0n) is 12.0. The number of fused-ring (bicyclic) bond motifs is 1. The predicted molar refractivity (Wildman–Crippen MR) is 85.2 cm³/mol. The van der Waals surface area contributed by atoms with E-state index >= 15 is 0 Å². The number of anilines is 1. The molecule has 0 aliphatic heterocycles. The summed E-state index contributed by atoms with van der Waals surface area (Å²) in [5.74, 6) is -0.142. The molecule has 0 radical (unpaired) electrons. The molecule has 3 N–H and O–H groups in total. The summed E-state index contributed by atoms with van der Waals surface area (Å²) in [6.07, 6.45) is 2.52. The van der Waals surface area contributed by atoms with Crippen LogP contribution in [0.15, 0.2) is 18.7 Å². The second-order valence-corrected chi connectivity index (χ2v) is 6.00. The highest BCUT2D eigenvalue weighted by Gasteiger charge is 2.19. The Kier molecular flexibility index (Phi) is 4.09. The molecule has 1 atom stereocenters. The Labute approximate surface area is 122 Å². The Hall–Kier alpha value is -1.88. The minimum absolute atomic E-state index is 0.0420. The fourth-order valence-corrected chi connectivity index (χ4v) is 3.36. The second kappa shape index (κ2) is 5.63. The number of carbonyl (C=O) groups excluding carboxylic acids is 1. The van der Waals surface area contributed by atoms with E-state index in [1.807, 2.05) is 26.8 Å². The first-order valence-electron chi connectivity index (χ1n) is 6.52. The molecule has 2 rings (SSSR count). The molecule has 1 unspecified atom stereocenters. The van der Waals surface area contributed by atoms with Crippen molar-refractivity contribution in [2.75, 3.05) is 5.73 Å². The van der Waals surface area contributed by atoms with E-state index in [1.54, 1.807) is 6.08 Å². The average molecular weight is 289 g/mol. The third kappa shape index (κ3) is 2.67. The maximum atomic E-state index is 12.3. The van der Waals surface area contributed by atoms with Crippen LogP contribution in [0.4, 0.5) is 5.69 Å². The highest BCUT2D eigenvalue weighted by atomic mass is 32.1. The van der Waals surface area contributed by atoms with Gasteiger partial charge in [-0.3, -0.25) is 4.79 Å². The van der Waals surface area contributed by atoms with Crippen LogP contribution in [0.3, 0.4) is 0 Å². The van der Waals surface area contributed by atoms with Crippen molar-refractivity contribution in [3.63, 3.8) is 0 Å². The van der Waals surface area contributed by atoms with Gasteiger partial charge in [-0.1, -0.05) is 6.08 Å². The number of thiophene rings is 1. The van der Waals surface area contributed by atoms with Crippen LogP contribution in [-0.4, -0.2) is 16.9 Å². The summed E-state index contributed by atoms with van der Waals surface area (Å²) in [4.78, 5) is 18.1. The summed E-state index contributed by atoms with van der Waals surface area (Å²) in [6, 6.07) is 2.02. The van der Waals surface area contributed by atoms with E-state index in [4.69, 9.17) is 5.73 Å². The molecule has 0 fully saturated rings. The molecule has 0 bridgehead atoms. The van der Waals surface area contributed by atoms with Crippen molar-refractivity contribution in [1.29, 1.82) is 0 Å². The molecule has 0 aromatic carbocycles. The van der Waals surface area contributed by atoms with E-state index in [1.165, 1.54) is 11.3 Å². The number of carbonyl (C=O) groups is 1. The van der Waals surface area contributed by atoms with Crippen LogP contribution in [0.2, 0.25) is 0 Å². The third-order valence-electron chi connectivity index (χ3n) is 3.13. The van der Waals surface area contributed by atoms with Crippen LogP contribution >= 0.6 is 11.3 Å². The lowest BCUT2D eigenvalue weighted by atomic mass is 10.1. The number of nitrogens with zero attached hydrogens (tertiary/aromatic N) is 1. The Balaban J connectivity index is 2.40. The maximum absolute atomic E-state index is 12.3. The molecule has 4 nitrogen and oxygen atoms in total. The van der Waals surface area contributed by atoms with E-state index in [0.717, 1.165) is 27.9 Å². The third-order valence-corrected chi connectivity index (χ3v) is 4.23. The largest absolute Gasteiger partial charge is 0.397 e. The van der Waals surface area contributed by atoms with Gasteiger partial charge in [-0.2, -0.15) is 0 Å². The molecule has 1 amide bonds. The molecule has 0 saturated heterocycles. The number of rotatable bonds is 4. The van der Waals surface area contributed by atoms with Crippen molar-refractivity contribution in [1.82, 2.24) is 10.3 Å². The van der Waals surface area contributed by atoms with Gasteiger partial charge in [-0.05, 0) is 38.8 Å². The number of nitrogens with two attached hydrogens (primary N) is 1. The van der Waals surface area contributed by atoms with Crippen LogP contribution < -0.4 is 11.1 Å². The summed E-state index contributed by atoms with van der Waals surface area (Å²) in [7, 11) is 0. The number of amides is 1. The van der Waals surface area contributed by atoms with E-state index in [-0.39, 0.29) is 11.9 Å². The van der Waals surface area contributed by atoms with Crippen molar-refractivity contribution < 1.29 is 4.79 Å². The molecule has 0 saturated carbocycles. The maximum Gasteiger partial charge on any atom is 0.263 e. The highest BCUT2D eigenvalue weighted by molar-refractivity contribution is 7.21. The Morgan fingerprint density at radius 2 is 2.30 bits per heavy atom. The van der Waals surface area contributed by atoms with Crippen molar-refractivity contribution in [3.05, 3.63) is 34.9 Å². The second-order valence-electron chi connectivity index (χ2n) is 5.00. The lowest BCUT2D eigenvalue weighted by molar-refractivity contribution is 0.0945. The number of aromatic nitrogens is 1. The number of hydrogen-bond donors (Lipinski definition) is 2. The van der Waals surface area contributed by atoms with Gasteiger partial charge in [0.15, 0.2) is 0 Å². The molecule has 5 heteroatoms. The van der Waals surface area contributed by atoms with Crippen molar-refractivity contribution >= 4 is 33.1 Å². The Morgan fingerprint density at radius 3 is 2.95 bits per heavy atom. The lowest BCUT2D eigenvalue weighted by Gasteiger charge is -2.10. The van der Waals surface area contributed by atoms with Gasteiger partial charge in [0.25, 0.3) is 5.91 Å². The van der Waals surface area contributed by atoms with Gasteiger partial charge in [0, 0.05) is 17.1 Å². The molecule has 2 heterocycles. The zero-order chi connectivity index (χ0) is 14.9. The molecule has 20 heavy (non-hydrogen) atoms. The number of nitrogen functional groups attached to an aromatic ring is 1. The average Bonchev–Trinajstić information content (AvgIpc) is 2.66. The molecule has 0 aliphatic rings. The lowest BCUT2D eigenvalue weighted by Crippen LogP contribution is -2.31. The van der Waals surface area contributed by atoms with Crippen LogP contribution in [0.25, 0.3) is 10.2 Å². The smallest absolute Gasteiger partial charge is 0.263 e. The Morgan fingerprint density at radius 1 is 1.60 bits per heavy atom. The van der Waals surface area contributed by atoms with Crippen molar-refractivity contribution in [3.8, 4) is 0 Å². The number of pyridine rings is 1. The van der Waals surface area contributed by atoms with Crippen LogP contribution in [0, 0.1) is 13.8 Å². The topological polar surface area (TPSA) is 68.0 Å². The highest BCUT2D eigenvalue weighted by Crippen LogP contribution is 2.34. The minimum Gasteiger partial charge on any atom is -0.397 e. The van der Waals surface area contributed by atoms with E-state index in [9.17, 15) is 4.79 Å². The fourth-order valence-electron chi connectivity index (χ4n) is 2.24. The number of hydrogen-bond acceptors (Lipinski definition) is 4. The summed E-state index contributed by atoms with van der Waals surface area (Å²) in [5.41, 5.74) is 8.64. The number of aryl methyl sites for hydroxylation is 2.